The number of fused-ring (bicyclic) bond motifs is 1. The number of nitrogens with zero attached hydrogens (tertiary/aromatic N) is 5. The fourth-order valence-corrected chi connectivity index (χ4v) is 4.49. The lowest BCUT2D eigenvalue weighted by Crippen LogP contribution is -2.29. The molecular weight excluding hydrogens is 500 g/mol. The van der Waals surface area contributed by atoms with E-state index >= 15 is 0 Å². The number of hydrogen-bond acceptors (Lipinski definition) is 9. The van der Waals surface area contributed by atoms with Crippen LogP contribution in [0.4, 0.5) is 5.95 Å². The second kappa shape index (κ2) is 9.60. The number of aryl methyl sites for hydroxylation is 1. The van der Waals surface area contributed by atoms with Crippen LogP contribution >= 0.6 is 0 Å². The first-order valence-electron chi connectivity index (χ1n) is 12.3. The SMILES string of the molecule is Cc1nnc(-c2ccc(Oc3cc(OC4CCN(C)C4=O)cc(C(=O)n4c(N)nc5ccccc54)c3)cc2)o1. The maximum Gasteiger partial charge on any atom is 0.265 e. The quantitative estimate of drug-likeness (QED) is 0.348. The lowest BCUT2D eigenvalue weighted by atomic mass is 10.1. The average molecular weight is 525 g/mol. The third-order valence-corrected chi connectivity index (χ3v) is 6.44. The molecule has 1 aliphatic rings. The molecule has 196 valence electrons. The number of carbonyl (C=O) groups excluding carboxylic acids is 2. The summed E-state index contributed by atoms with van der Waals surface area (Å²) < 4.78 is 19.0. The van der Waals surface area contributed by atoms with Gasteiger partial charge in [0.2, 0.25) is 17.7 Å². The summed E-state index contributed by atoms with van der Waals surface area (Å²) in [6, 6.07) is 19.1. The Morgan fingerprint density at radius 2 is 1.79 bits per heavy atom. The smallest absolute Gasteiger partial charge is 0.265 e. The molecule has 0 bridgehead atoms. The Morgan fingerprint density at radius 3 is 2.51 bits per heavy atom. The zero-order valence-corrected chi connectivity index (χ0v) is 21.2. The van der Waals surface area contributed by atoms with E-state index in [4.69, 9.17) is 19.6 Å². The van der Waals surface area contributed by atoms with Crippen molar-refractivity contribution in [3.8, 4) is 28.7 Å². The number of amides is 1. The predicted octanol–water partition coefficient (Wildman–Crippen LogP) is 4.07. The Balaban J connectivity index is 1.35. The van der Waals surface area contributed by atoms with Crippen molar-refractivity contribution in [3.63, 3.8) is 0 Å². The Kier molecular flexibility index (Phi) is 5.95. The third-order valence-electron chi connectivity index (χ3n) is 6.44. The first-order chi connectivity index (χ1) is 18.9. The molecular formula is C28H24N6O5. The number of likely N-dealkylation sites (N-methyl/N-ethyl adjacent to an activating group) is 1. The molecule has 3 aromatic carbocycles. The van der Waals surface area contributed by atoms with Crippen LogP contribution in [0, 0.1) is 6.92 Å². The van der Waals surface area contributed by atoms with Gasteiger partial charge in [-0.25, -0.2) is 9.55 Å². The van der Waals surface area contributed by atoms with Crippen LogP contribution in [0.15, 0.2) is 71.1 Å². The predicted molar refractivity (Wildman–Crippen MR) is 142 cm³/mol. The number of aromatic nitrogens is 4. The molecule has 0 saturated carbocycles. The zero-order chi connectivity index (χ0) is 27.1. The maximum absolute atomic E-state index is 13.7. The van der Waals surface area contributed by atoms with E-state index in [0.717, 1.165) is 5.56 Å². The van der Waals surface area contributed by atoms with Gasteiger partial charge >= 0.3 is 0 Å². The molecule has 6 rings (SSSR count). The zero-order valence-electron chi connectivity index (χ0n) is 21.2. The number of anilines is 1. The summed E-state index contributed by atoms with van der Waals surface area (Å²) in [5.74, 6) is 1.59. The molecule has 3 heterocycles. The number of rotatable bonds is 6. The van der Waals surface area contributed by atoms with Crippen LogP contribution in [-0.4, -0.2) is 56.2 Å². The lowest BCUT2D eigenvalue weighted by Gasteiger charge is -2.16. The number of carbonyl (C=O) groups is 2. The van der Waals surface area contributed by atoms with Gasteiger partial charge in [0.15, 0.2) is 6.10 Å². The van der Waals surface area contributed by atoms with Gasteiger partial charge in [-0.3, -0.25) is 9.59 Å². The van der Waals surface area contributed by atoms with E-state index in [1.54, 1.807) is 73.5 Å². The summed E-state index contributed by atoms with van der Waals surface area (Å²) in [6.07, 6.45) is -0.108. The summed E-state index contributed by atoms with van der Waals surface area (Å²) in [7, 11) is 1.73. The molecule has 1 aliphatic heterocycles. The number of imidazole rings is 1. The molecule has 5 aromatic rings. The molecule has 0 aliphatic carbocycles. The maximum atomic E-state index is 13.7. The van der Waals surface area contributed by atoms with Crippen LogP contribution in [0.25, 0.3) is 22.5 Å². The third kappa shape index (κ3) is 4.65. The van der Waals surface area contributed by atoms with Gasteiger partial charge in [0.05, 0.1) is 11.0 Å². The molecule has 11 nitrogen and oxygen atoms in total. The van der Waals surface area contributed by atoms with Gasteiger partial charge in [0.1, 0.15) is 17.2 Å². The van der Waals surface area contributed by atoms with Crippen molar-refractivity contribution in [2.75, 3.05) is 19.3 Å². The molecule has 2 aromatic heterocycles. The average Bonchev–Trinajstić information content (AvgIpc) is 3.61. The van der Waals surface area contributed by atoms with Gasteiger partial charge in [0, 0.05) is 44.1 Å². The number of ether oxygens (including phenoxy) is 2. The van der Waals surface area contributed by atoms with Crippen LogP contribution < -0.4 is 15.2 Å². The monoisotopic (exact) mass is 524 g/mol. The van der Waals surface area contributed by atoms with Crippen LogP contribution in [0.3, 0.4) is 0 Å². The first kappa shape index (κ1) is 24.2. The van der Waals surface area contributed by atoms with Crippen LogP contribution in [-0.2, 0) is 4.79 Å². The van der Waals surface area contributed by atoms with E-state index in [1.807, 2.05) is 12.1 Å². The van der Waals surface area contributed by atoms with Crippen molar-refractivity contribution in [1.29, 1.82) is 0 Å². The number of nitrogen functional groups attached to an aromatic ring is 1. The van der Waals surface area contributed by atoms with E-state index in [-0.39, 0.29) is 17.4 Å². The highest BCUT2D eigenvalue weighted by molar-refractivity contribution is 6.03. The van der Waals surface area contributed by atoms with E-state index in [9.17, 15) is 9.59 Å². The fraction of sp³-hybridized carbons (Fsp3) is 0.179. The van der Waals surface area contributed by atoms with Gasteiger partial charge < -0.3 is 24.5 Å². The molecule has 1 saturated heterocycles. The highest BCUT2D eigenvalue weighted by Gasteiger charge is 2.31. The van der Waals surface area contributed by atoms with Crippen LogP contribution in [0.2, 0.25) is 0 Å². The lowest BCUT2D eigenvalue weighted by molar-refractivity contribution is -0.132. The Morgan fingerprint density at radius 1 is 1.03 bits per heavy atom. The number of nitrogens with two attached hydrogens (primary N) is 1. The Hall–Kier alpha value is -5.19. The minimum absolute atomic E-state index is 0.0643. The molecule has 1 amide bonds. The molecule has 11 heteroatoms. The molecule has 1 atom stereocenters. The van der Waals surface area contributed by atoms with Gasteiger partial charge in [-0.15, -0.1) is 10.2 Å². The second-order valence-electron chi connectivity index (χ2n) is 9.20. The topological polar surface area (TPSA) is 139 Å². The molecule has 1 fully saturated rings. The van der Waals surface area contributed by atoms with Crippen molar-refractivity contribution >= 4 is 28.8 Å². The highest BCUT2D eigenvalue weighted by Crippen LogP contribution is 2.32. The molecule has 2 N–H and O–H groups in total. The summed E-state index contributed by atoms with van der Waals surface area (Å²) >= 11 is 0. The van der Waals surface area contributed by atoms with E-state index in [0.29, 0.717) is 53.0 Å². The van der Waals surface area contributed by atoms with Crippen molar-refractivity contribution in [1.82, 2.24) is 24.6 Å². The number of benzene rings is 3. The van der Waals surface area contributed by atoms with Gasteiger partial charge in [-0.1, -0.05) is 12.1 Å². The molecule has 1 unspecified atom stereocenters. The van der Waals surface area contributed by atoms with E-state index in [2.05, 4.69) is 15.2 Å². The largest absolute Gasteiger partial charge is 0.480 e. The molecule has 0 spiro atoms. The minimum atomic E-state index is -0.649. The van der Waals surface area contributed by atoms with Crippen molar-refractivity contribution in [2.45, 2.75) is 19.4 Å². The second-order valence-corrected chi connectivity index (χ2v) is 9.20. The number of para-hydroxylation sites is 2. The molecule has 39 heavy (non-hydrogen) atoms. The van der Waals surface area contributed by atoms with Crippen molar-refractivity contribution in [2.24, 2.45) is 0 Å². The van der Waals surface area contributed by atoms with Gasteiger partial charge in [0.25, 0.3) is 11.8 Å². The fourth-order valence-electron chi connectivity index (χ4n) is 4.49. The Bertz CT molecular complexity index is 1710. The number of likely N-dealkylation sites (tertiary alicyclic amines) is 1. The Labute approximate surface area is 222 Å². The van der Waals surface area contributed by atoms with Crippen LogP contribution in [0.5, 0.6) is 17.2 Å². The van der Waals surface area contributed by atoms with Crippen molar-refractivity contribution < 1.29 is 23.5 Å². The summed E-state index contributed by atoms with van der Waals surface area (Å²) in [5.41, 5.74) is 8.30. The summed E-state index contributed by atoms with van der Waals surface area (Å²) in [4.78, 5) is 32.1. The highest BCUT2D eigenvalue weighted by atomic mass is 16.5. The van der Waals surface area contributed by atoms with Gasteiger partial charge in [-0.05, 0) is 48.5 Å². The van der Waals surface area contributed by atoms with E-state index < -0.39 is 12.0 Å². The summed E-state index contributed by atoms with van der Waals surface area (Å²) in [6.45, 7) is 2.31. The summed E-state index contributed by atoms with van der Waals surface area (Å²) in [5, 5.41) is 7.88. The number of hydrogen-bond donors (Lipinski definition) is 1. The molecule has 0 radical (unpaired) electrons. The standard InChI is InChI=1S/C28H24N6O5/c1-16-31-32-25(37-16)17-7-9-19(10-8-17)38-20-13-18(14-21(15-20)39-24-11-12-33(2)27(24)36)26(35)34-23-6-4-3-5-22(23)30-28(34)29/h3-10,13-15,24H,11-12H2,1-2H3,(H2,29,30). The van der Waals surface area contributed by atoms with E-state index in [1.165, 1.54) is 4.57 Å². The minimum Gasteiger partial charge on any atom is -0.480 e. The normalized spacial score (nSPS) is 15.2. The first-order valence-corrected chi connectivity index (χ1v) is 12.3. The van der Waals surface area contributed by atoms with Crippen LogP contribution in [0.1, 0.15) is 22.7 Å². The van der Waals surface area contributed by atoms with Gasteiger partial charge in [-0.2, -0.15) is 0 Å². The van der Waals surface area contributed by atoms with Crippen molar-refractivity contribution in [3.05, 3.63) is 78.2 Å².